The van der Waals surface area contributed by atoms with Crippen LogP contribution in [0, 0.1) is 11.8 Å². The lowest BCUT2D eigenvalue weighted by molar-refractivity contribution is -0.177. The smallest absolute Gasteiger partial charge is 0.338 e. The summed E-state index contributed by atoms with van der Waals surface area (Å²) < 4.78 is 20.8. The van der Waals surface area contributed by atoms with Crippen LogP contribution in [0.1, 0.15) is 17.2 Å². The predicted molar refractivity (Wildman–Crippen MR) is 104 cm³/mol. The van der Waals surface area contributed by atoms with Gasteiger partial charge in [0.05, 0.1) is 40.3 Å². The minimum absolute atomic E-state index is 0.245. The molecule has 1 unspecified atom stereocenters. The lowest BCUT2D eigenvalue weighted by Gasteiger charge is -2.42. The molecule has 0 N–H and O–H groups in total. The molecule has 0 bridgehead atoms. The summed E-state index contributed by atoms with van der Waals surface area (Å²) in [6.45, 7) is 0.245. The fourth-order valence-corrected chi connectivity index (χ4v) is 5.41. The normalized spacial score (nSPS) is 26.1. The van der Waals surface area contributed by atoms with E-state index in [0.717, 1.165) is 24.7 Å². The Labute approximate surface area is 179 Å². The third-order valence-electron chi connectivity index (χ3n) is 6.73. The number of ether oxygens (including phenoxy) is 4. The standard InChI is InChI=1S/C21H24N2O8/c1-22-17(24)14-15(18(22)25)21(19(26)30-4,20(27)31-5)23-7-6-10-8-12(28-2)13(29-3)9-11(10)16(14)23/h8-9,14-16H,6-7H2,1-5H3/t14-,15-,16?/m1/s1. The molecule has 0 spiro atoms. The number of rotatable bonds is 4. The Morgan fingerprint density at radius 2 is 1.55 bits per heavy atom. The van der Waals surface area contributed by atoms with Crippen LogP contribution in [-0.2, 0) is 35.1 Å². The summed E-state index contributed by atoms with van der Waals surface area (Å²) in [4.78, 5) is 55.2. The van der Waals surface area contributed by atoms with Gasteiger partial charge in [-0.2, -0.15) is 0 Å². The third-order valence-corrected chi connectivity index (χ3v) is 6.73. The maximum atomic E-state index is 13.2. The number of fused-ring (bicyclic) bond motifs is 5. The van der Waals surface area contributed by atoms with Crippen molar-refractivity contribution in [3.8, 4) is 11.5 Å². The largest absolute Gasteiger partial charge is 0.493 e. The van der Waals surface area contributed by atoms with Gasteiger partial charge >= 0.3 is 11.9 Å². The van der Waals surface area contributed by atoms with Crippen LogP contribution in [0.2, 0.25) is 0 Å². The zero-order valence-corrected chi connectivity index (χ0v) is 18.0. The van der Waals surface area contributed by atoms with E-state index in [1.54, 1.807) is 11.0 Å². The second kappa shape index (κ2) is 7.23. The number of methoxy groups -OCH3 is 4. The average molecular weight is 432 g/mol. The highest BCUT2D eigenvalue weighted by Gasteiger charge is 2.76. The summed E-state index contributed by atoms with van der Waals surface area (Å²) in [5, 5.41) is 0. The van der Waals surface area contributed by atoms with Crippen molar-refractivity contribution in [2.24, 2.45) is 11.8 Å². The molecule has 166 valence electrons. The molecule has 3 heterocycles. The van der Waals surface area contributed by atoms with Crippen LogP contribution in [0.5, 0.6) is 11.5 Å². The zero-order valence-electron chi connectivity index (χ0n) is 18.0. The van der Waals surface area contributed by atoms with Gasteiger partial charge in [-0.3, -0.25) is 19.4 Å². The number of hydrogen-bond donors (Lipinski definition) is 0. The van der Waals surface area contributed by atoms with Crippen molar-refractivity contribution in [3.05, 3.63) is 23.3 Å². The van der Waals surface area contributed by atoms with Gasteiger partial charge in [0, 0.05) is 19.6 Å². The highest BCUT2D eigenvalue weighted by Crippen LogP contribution is 2.58. The summed E-state index contributed by atoms with van der Waals surface area (Å²) in [5.74, 6) is -4.14. The van der Waals surface area contributed by atoms with Gasteiger partial charge in [0.15, 0.2) is 11.5 Å². The Hall–Kier alpha value is -3.14. The second-order valence-corrected chi connectivity index (χ2v) is 7.78. The summed E-state index contributed by atoms with van der Waals surface area (Å²) >= 11 is 0. The minimum atomic E-state index is -2.05. The number of nitrogens with zero attached hydrogens (tertiary/aromatic N) is 2. The minimum Gasteiger partial charge on any atom is -0.493 e. The van der Waals surface area contributed by atoms with Gasteiger partial charge in [-0.05, 0) is 29.7 Å². The van der Waals surface area contributed by atoms with Gasteiger partial charge in [-0.1, -0.05) is 0 Å². The average Bonchev–Trinajstić information content (AvgIpc) is 3.23. The topological polar surface area (TPSA) is 112 Å². The maximum Gasteiger partial charge on any atom is 0.338 e. The summed E-state index contributed by atoms with van der Waals surface area (Å²) in [6.07, 6.45) is 0.458. The van der Waals surface area contributed by atoms with Gasteiger partial charge < -0.3 is 18.9 Å². The zero-order chi connectivity index (χ0) is 22.7. The summed E-state index contributed by atoms with van der Waals surface area (Å²) in [7, 11) is 6.66. The summed E-state index contributed by atoms with van der Waals surface area (Å²) in [5.41, 5.74) is -0.468. The quantitative estimate of drug-likeness (QED) is 0.367. The Bertz CT molecular complexity index is 974. The van der Waals surface area contributed by atoms with Crippen LogP contribution < -0.4 is 9.47 Å². The van der Waals surface area contributed by atoms with Crippen LogP contribution in [0.15, 0.2) is 12.1 Å². The first-order chi connectivity index (χ1) is 14.8. The Morgan fingerprint density at radius 3 is 2.10 bits per heavy atom. The van der Waals surface area contributed by atoms with E-state index in [0.29, 0.717) is 23.5 Å². The lowest BCUT2D eigenvalue weighted by Crippen LogP contribution is -2.64. The van der Waals surface area contributed by atoms with Crippen LogP contribution in [-0.4, -0.2) is 81.1 Å². The third kappa shape index (κ3) is 2.48. The van der Waals surface area contributed by atoms with E-state index in [1.165, 1.54) is 21.3 Å². The van der Waals surface area contributed by atoms with Crippen molar-refractivity contribution in [3.63, 3.8) is 0 Å². The van der Waals surface area contributed by atoms with E-state index >= 15 is 0 Å². The molecule has 0 aromatic heterocycles. The van der Waals surface area contributed by atoms with E-state index in [1.807, 2.05) is 6.07 Å². The highest BCUT2D eigenvalue weighted by atomic mass is 16.5. The fourth-order valence-electron chi connectivity index (χ4n) is 5.41. The number of carbonyl (C=O) groups is 4. The molecule has 10 nitrogen and oxygen atoms in total. The number of hydrogen-bond acceptors (Lipinski definition) is 9. The van der Waals surface area contributed by atoms with Gasteiger partial charge in [0.25, 0.3) is 0 Å². The van der Waals surface area contributed by atoms with Crippen molar-refractivity contribution in [1.29, 1.82) is 0 Å². The van der Waals surface area contributed by atoms with Crippen molar-refractivity contribution in [1.82, 2.24) is 9.80 Å². The molecule has 0 radical (unpaired) electrons. The number of carbonyl (C=O) groups excluding carboxylic acids is 4. The first-order valence-corrected chi connectivity index (χ1v) is 9.79. The van der Waals surface area contributed by atoms with Gasteiger partial charge in [0.1, 0.15) is 0 Å². The molecule has 2 fully saturated rings. The van der Waals surface area contributed by atoms with E-state index in [4.69, 9.17) is 18.9 Å². The Kier molecular flexibility index (Phi) is 4.92. The lowest BCUT2D eigenvalue weighted by atomic mass is 9.79. The molecular formula is C21H24N2O8. The molecule has 10 heteroatoms. The molecule has 2 amide bonds. The molecule has 31 heavy (non-hydrogen) atoms. The van der Waals surface area contributed by atoms with Crippen LogP contribution in [0.4, 0.5) is 0 Å². The molecule has 0 aliphatic carbocycles. The fraction of sp³-hybridized carbons (Fsp3) is 0.524. The number of esters is 2. The Morgan fingerprint density at radius 1 is 0.968 bits per heavy atom. The SMILES string of the molecule is COC(=O)C1(C(=O)OC)[C@H]2C(=O)N(C)C(=O)[C@H]2C2c3cc(OC)c(OC)cc3CCN21. The van der Waals surface area contributed by atoms with Crippen molar-refractivity contribution < 1.29 is 38.1 Å². The first-order valence-electron chi connectivity index (χ1n) is 9.79. The van der Waals surface area contributed by atoms with Crippen LogP contribution in [0.25, 0.3) is 0 Å². The van der Waals surface area contributed by atoms with Crippen molar-refractivity contribution in [2.75, 3.05) is 42.0 Å². The molecule has 3 aliphatic rings. The second-order valence-electron chi connectivity index (χ2n) is 7.78. The highest BCUT2D eigenvalue weighted by molar-refractivity contribution is 6.16. The van der Waals surface area contributed by atoms with Gasteiger partial charge in [-0.15, -0.1) is 0 Å². The Balaban J connectivity index is 2.00. The van der Waals surface area contributed by atoms with Gasteiger partial charge in [-0.25, -0.2) is 9.59 Å². The number of likely N-dealkylation sites (tertiary alicyclic amines) is 1. The predicted octanol–water partition coefficient (Wildman–Crippen LogP) is -0.0676. The van der Waals surface area contributed by atoms with Crippen molar-refractivity contribution in [2.45, 2.75) is 18.0 Å². The maximum absolute atomic E-state index is 13.2. The first kappa shape index (κ1) is 21.1. The van der Waals surface area contributed by atoms with E-state index in [-0.39, 0.29) is 6.54 Å². The molecular weight excluding hydrogens is 408 g/mol. The monoisotopic (exact) mass is 432 g/mol. The molecule has 4 rings (SSSR count). The molecule has 3 aliphatic heterocycles. The summed E-state index contributed by atoms with van der Waals surface area (Å²) in [6, 6.07) is 2.85. The van der Waals surface area contributed by atoms with E-state index in [9.17, 15) is 19.2 Å². The molecule has 0 saturated carbocycles. The molecule has 2 saturated heterocycles. The molecule has 1 aromatic carbocycles. The number of amides is 2. The van der Waals surface area contributed by atoms with Gasteiger partial charge in [0.2, 0.25) is 17.4 Å². The molecule has 1 aromatic rings. The van der Waals surface area contributed by atoms with E-state index in [2.05, 4.69) is 0 Å². The molecule has 3 atom stereocenters. The van der Waals surface area contributed by atoms with E-state index < -0.39 is 47.2 Å². The number of imide groups is 1. The van der Waals surface area contributed by atoms with Crippen LogP contribution in [0.3, 0.4) is 0 Å². The van der Waals surface area contributed by atoms with Crippen LogP contribution >= 0.6 is 0 Å². The van der Waals surface area contributed by atoms with Crippen molar-refractivity contribution >= 4 is 23.8 Å². The number of benzene rings is 1.